The number of hydrogen-bond donors (Lipinski definition) is 2. The topological polar surface area (TPSA) is 81.4 Å². The number of likely N-dealkylation sites (N-methyl/N-ethyl adjacent to an activating group) is 1. The van der Waals surface area contributed by atoms with Crippen molar-refractivity contribution in [1.82, 2.24) is 5.32 Å². The SMILES string of the molecule is CNC(=O)COC(=O)c1cccc(N)c1. The summed E-state index contributed by atoms with van der Waals surface area (Å²) in [5, 5.41) is 2.34. The number of nitrogen functional groups attached to an aromatic ring is 1. The molecule has 1 amide bonds. The standard InChI is InChI=1S/C10H12N2O3/c1-12-9(13)6-15-10(14)7-3-2-4-8(11)5-7/h2-5H,6,11H2,1H3,(H,12,13). The maximum Gasteiger partial charge on any atom is 0.338 e. The number of anilines is 1. The first kappa shape index (κ1) is 11.0. The zero-order chi connectivity index (χ0) is 11.3. The average molecular weight is 208 g/mol. The molecule has 0 bridgehead atoms. The number of benzene rings is 1. The van der Waals surface area contributed by atoms with E-state index in [-0.39, 0.29) is 12.5 Å². The van der Waals surface area contributed by atoms with Crippen LogP contribution in [0.1, 0.15) is 10.4 Å². The van der Waals surface area contributed by atoms with Crippen molar-refractivity contribution in [2.24, 2.45) is 0 Å². The fourth-order valence-corrected chi connectivity index (χ4v) is 0.952. The summed E-state index contributed by atoms with van der Waals surface area (Å²) in [4.78, 5) is 22.2. The van der Waals surface area contributed by atoms with Crippen LogP contribution < -0.4 is 11.1 Å². The predicted octanol–water partition coefficient (Wildman–Crippen LogP) is 0.172. The quantitative estimate of drug-likeness (QED) is 0.548. The largest absolute Gasteiger partial charge is 0.452 e. The summed E-state index contributed by atoms with van der Waals surface area (Å²) in [6, 6.07) is 6.37. The number of carbonyl (C=O) groups excluding carboxylic acids is 2. The molecule has 0 aliphatic heterocycles. The highest BCUT2D eigenvalue weighted by Gasteiger charge is 2.08. The molecule has 0 aromatic heterocycles. The molecule has 5 heteroatoms. The van der Waals surface area contributed by atoms with Gasteiger partial charge in [0.2, 0.25) is 0 Å². The maximum absolute atomic E-state index is 11.4. The molecule has 15 heavy (non-hydrogen) atoms. The highest BCUT2D eigenvalue weighted by atomic mass is 16.5. The monoisotopic (exact) mass is 208 g/mol. The molecule has 1 rings (SSSR count). The van der Waals surface area contributed by atoms with Crippen LogP contribution in [-0.4, -0.2) is 25.5 Å². The van der Waals surface area contributed by atoms with Crippen LogP contribution in [-0.2, 0) is 9.53 Å². The molecule has 5 nitrogen and oxygen atoms in total. The van der Waals surface area contributed by atoms with Gasteiger partial charge in [-0.1, -0.05) is 6.07 Å². The molecular weight excluding hydrogens is 196 g/mol. The minimum Gasteiger partial charge on any atom is -0.452 e. The van der Waals surface area contributed by atoms with E-state index >= 15 is 0 Å². The fourth-order valence-electron chi connectivity index (χ4n) is 0.952. The summed E-state index contributed by atoms with van der Waals surface area (Å²) >= 11 is 0. The van der Waals surface area contributed by atoms with E-state index in [0.29, 0.717) is 11.3 Å². The van der Waals surface area contributed by atoms with Crippen molar-refractivity contribution in [3.05, 3.63) is 29.8 Å². The molecule has 0 radical (unpaired) electrons. The van der Waals surface area contributed by atoms with E-state index in [9.17, 15) is 9.59 Å². The van der Waals surface area contributed by atoms with E-state index < -0.39 is 5.97 Å². The number of nitrogens with one attached hydrogen (secondary N) is 1. The molecule has 0 aliphatic carbocycles. The van der Waals surface area contributed by atoms with Gasteiger partial charge >= 0.3 is 5.97 Å². The first-order chi connectivity index (χ1) is 7.13. The van der Waals surface area contributed by atoms with Crippen LogP contribution in [0.15, 0.2) is 24.3 Å². The maximum atomic E-state index is 11.4. The van der Waals surface area contributed by atoms with Crippen molar-refractivity contribution < 1.29 is 14.3 Å². The van der Waals surface area contributed by atoms with Crippen LogP contribution in [0, 0.1) is 0 Å². The van der Waals surface area contributed by atoms with E-state index in [4.69, 9.17) is 10.5 Å². The number of ether oxygens (including phenoxy) is 1. The van der Waals surface area contributed by atoms with Crippen LogP contribution in [0.25, 0.3) is 0 Å². The van der Waals surface area contributed by atoms with Crippen LogP contribution in [0.4, 0.5) is 5.69 Å². The predicted molar refractivity (Wildman–Crippen MR) is 55.2 cm³/mol. The third-order valence-corrected chi connectivity index (χ3v) is 1.74. The van der Waals surface area contributed by atoms with E-state index in [1.54, 1.807) is 18.2 Å². The minimum atomic E-state index is -0.564. The minimum absolute atomic E-state index is 0.288. The molecule has 80 valence electrons. The van der Waals surface area contributed by atoms with Crippen molar-refractivity contribution in [3.8, 4) is 0 Å². The summed E-state index contributed by atoms with van der Waals surface area (Å²) < 4.78 is 4.73. The van der Waals surface area contributed by atoms with E-state index in [0.717, 1.165) is 0 Å². The summed E-state index contributed by atoms with van der Waals surface area (Å²) in [6.07, 6.45) is 0. The zero-order valence-corrected chi connectivity index (χ0v) is 8.32. The Morgan fingerprint density at radius 1 is 1.47 bits per heavy atom. The van der Waals surface area contributed by atoms with Crippen molar-refractivity contribution in [3.63, 3.8) is 0 Å². The Balaban J connectivity index is 2.58. The normalized spacial score (nSPS) is 9.40. The number of esters is 1. The van der Waals surface area contributed by atoms with Gasteiger partial charge < -0.3 is 15.8 Å². The molecule has 1 aromatic carbocycles. The van der Waals surface area contributed by atoms with Gasteiger partial charge in [0.05, 0.1) is 5.56 Å². The van der Waals surface area contributed by atoms with E-state index in [2.05, 4.69) is 5.32 Å². The Bertz CT molecular complexity index is 377. The Hall–Kier alpha value is -2.04. The van der Waals surface area contributed by atoms with Gasteiger partial charge in [0.25, 0.3) is 5.91 Å². The lowest BCUT2D eigenvalue weighted by atomic mass is 10.2. The summed E-state index contributed by atoms with van der Waals surface area (Å²) in [5.74, 6) is -0.918. The highest BCUT2D eigenvalue weighted by Crippen LogP contribution is 2.07. The first-order valence-electron chi connectivity index (χ1n) is 4.36. The van der Waals surface area contributed by atoms with Gasteiger partial charge in [0, 0.05) is 12.7 Å². The summed E-state index contributed by atoms with van der Waals surface area (Å²) in [6.45, 7) is -0.288. The van der Waals surface area contributed by atoms with Gasteiger partial charge in [0.1, 0.15) is 0 Å². The lowest BCUT2D eigenvalue weighted by Crippen LogP contribution is -2.25. The number of rotatable bonds is 3. The lowest BCUT2D eigenvalue weighted by molar-refractivity contribution is -0.123. The third kappa shape index (κ3) is 3.30. The highest BCUT2D eigenvalue weighted by molar-refractivity contribution is 5.92. The van der Waals surface area contributed by atoms with E-state index in [1.165, 1.54) is 13.1 Å². The van der Waals surface area contributed by atoms with Gasteiger partial charge in [-0.3, -0.25) is 4.79 Å². The zero-order valence-electron chi connectivity index (χ0n) is 8.32. The van der Waals surface area contributed by atoms with Gasteiger partial charge in [-0.05, 0) is 18.2 Å². The Morgan fingerprint density at radius 3 is 2.80 bits per heavy atom. The number of carbonyl (C=O) groups is 2. The van der Waals surface area contributed by atoms with Gasteiger partial charge in [-0.15, -0.1) is 0 Å². The Morgan fingerprint density at radius 2 is 2.20 bits per heavy atom. The average Bonchev–Trinajstić information content (AvgIpc) is 2.25. The van der Waals surface area contributed by atoms with Gasteiger partial charge in [0.15, 0.2) is 6.61 Å². The fraction of sp³-hybridized carbons (Fsp3) is 0.200. The van der Waals surface area contributed by atoms with Crippen LogP contribution >= 0.6 is 0 Å². The molecule has 0 unspecified atom stereocenters. The lowest BCUT2D eigenvalue weighted by Gasteiger charge is -2.03. The summed E-state index contributed by atoms with van der Waals surface area (Å²) in [7, 11) is 1.47. The van der Waals surface area contributed by atoms with Gasteiger partial charge in [-0.2, -0.15) is 0 Å². The summed E-state index contributed by atoms with van der Waals surface area (Å²) in [5.41, 5.74) is 6.30. The molecule has 1 aromatic rings. The van der Waals surface area contributed by atoms with Crippen molar-refractivity contribution >= 4 is 17.6 Å². The number of amides is 1. The molecule has 0 heterocycles. The molecule has 0 spiro atoms. The second-order valence-electron chi connectivity index (χ2n) is 2.87. The second-order valence-corrected chi connectivity index (χ2v) is 2.87. The van der Waals surface area contributed by atoms with E-state index in [1.807, 2.05) is 0 Å². The molecule has 0 aliphatic rings. The van der Waals surface area contributed by atoms with Crippen LogP contribution in [0.5, 0.6) is 0 Å². The Labute approximate surface area is 87.2 Å². The molecule has 0 saturated carbocycles. The smallest absolute Gasteiger partial charge is 0.338 e. The first-order valence-corrected chi connectivity index (χ1v) is 4.36. The Kier molecular flexibility index (Phi) is 3.68. The molecular formula is C10H12N2O3. The van der Waals surface area contributed by atoms with Crippen LogP contribution in [0.3, 0.4) is 0 Å². The van der Waals surface area contributed by atoms with Crippen molar-refractivity contribution in [1.29, 1.82) is 0 Å². The number of hydrogen-bond acceptors (Lipinski definition) is 4. The molecule has 0 saturated heterocycles. The molecule has 3 N–H and O–H groups in total. The molecule has 0 atom stereocenters. The second kappa shape index (κ2) is 4.99. The third-order valence-electron chi connectivity index (χ3n) is 1.74. The van der Waals surface area contributed by atoms with Gasteiger partial charge in [-0.25, -0.2) is 4.79 Å². The van der Waals surface area contributed by atoms with Crippen molar-refractivity contribution in [2.75, 3.05) is 19.4 Å². The molecule has 0 fully saturated rings. The van der Waals surface area contributed by atoms with Crippen LogP contribution in [0.2, 0.25) is 0 Å². The number of nitrogens with two attached hydrogens (primary N) is 1. The van der Waals surface area contributed by atoms with Crippen molar-refractivity contribution in [2.45, 2.75) is 0 Å².